The van der Waals surface area contributed by atoms with Crippen LogP contribution in [-0.2, 0) is 11.2 Å². The maximum atomic E-state index is 11.0. The second-order valence-corrected chi connectivity index (χ2v) is 6.03. The van der Waals surface area contributed by atoms with Gasteiger partial charge in [0, 0.05) is 0 Å². The van der Waals surface area contributed by atoms with E-state index < -0.39 is 5.97 Å². The zero-order valence-electron chi connectivity index (χ0n) is 14.0. The molecule has 0 spiro atoms. The largest absolute Gasteiger partial charge is 0.490 e. The minimum Gasteiger partial charge on any atom is -0.490 e. The van der Waals surface area contributed by atoms with E-state index in [4.69, 9.17) is 9.84 Å². The van der Waals surface area contributed by atoms with Crippen molar-refractivity contribution in [1.29, 1.82) is 0 Å². The van der Waals surface area contributed by atoms with E-state index in [1.54, 1.807) is 0 Å². The first-order valence-electron chi connectivity index (χ1n) is 8.64. The summed E-state index contributed by atoms with van der Waals surface area (Å²) in [7, 11) is 0. The molecule has 2 N–H and O–H groups in total. The molecule has 0 aromatic heterocycles. The molecule has 1 aromatic carbocycles. The zero-order chi connectivity index (χ0) is 16.5. The third kappa shape index (κ3) is 5.75. The van der Waals surface area contributed by atoms with Gasteiger partial charge in [0.2, 0.25) is 0 Å². The van der Waals surface area contributed by atoms with Gasteiger partial charge in [-0.05, 0) is 43.6 Å². The number of carbonyl (C=O) groups is 1. The van der Waals surface area contributed by atoms with Gasteiger partial charge < -0.3 is 20.1 Å². The van der Waals surface area contributed by atoms with Crippen molar-refractivity contribution in [3.05, 3.63) is 23.8 Å². The van der Waals surface area contributed by atoms with Crippen LogP contribution in [0.4, 0.5) is 5.69 Å². The van der Waals surface area contributed by atoms with E-state index in [0.29, 0.717) is 13.2 Å². The Hall–Kier alpha value is -1.75. The lowest BCUT2D eigenvalue weighted by molar-refractivity contribution is -0.135. The second-order valence-electron chi connectivity index (χ2n) is 6.03. The fraction of sp³-hybridized carbons (Fsp3) is 0.611. The molecular weight excluding hydrogens is 292 g/mol. The van der Waals surface area contributed by atoms with Crippen molar-refractivity contribution in [2.45, 2.75) is 39.0 Å². The number of fused-ring (bicyclic) bond motifs is 1. The number of carboxylic acids is 1. The summed E-state index contributed by atoms with van der Waals surface area (Å²) in [6.45, 7) is 5.43. The Balaban J connectivity index is 1.83. The lowest BCUT2D eigenvalue weighted by Crippen LogP contribution is -2.36. The molecule has 0 radical (unpaired) electrons. The molecule has 0 saturated heterocycles. The van der Waals surface area contributed by atoms with E-state index in [1.807, 2.05) is 11.0 Å². The van der Waals surface area contributed by atoms with Crippen LogP contribution >= 0.6 is 0 Å². The van der Waals surface area contributed by atoms with Gasteiger partial charge in [-0.2, -0.15) is 0 Å². The number of unbranched alkanes of at least 4 members (excludes halogenated alkanes) is 3. The standard InChI is InChI=1S/C18H28N2O3/c1-2-3-4-5-9-19-10-8-15-6-7-17-16(13-15)20(11-12-23-17)14-18(21)22/h6-7,13,19H,2-5,8-12,14H2,1H3,(H,21,22). The van der Waals surface area contributed by atoms with Crippen molar-refractivity contribution in [3.8, 4) is 5.75 Å². The van der Waals surface area contributed by atoms with Crippen LogP contribution in [0.15, 0.2) is 18.2 Å². The van der Waals surface area contributed by atoms with Crippen LogP contribution in [0.3, 0.4) is 0 Å². The number of carboxylic acid groups (broad SMARTS) is 1. The molecule has 1 heterocycles. The Bertz CT molecular complexity index is 505. The molecule has 1 aliphatic rings. The Morgan fingerprint density at radius 3 is 2.96 bits per heavy atom. The minimum atomic E-state index is -0.808. The highest BCUT2D eigenvalue weighted by molar-refractivity contribution is 5.75. The van der Waals surface area contributed by atoms with Gasteiger partial charge in [0.1, 0.15) is 18.9 Å². The minimum absolute atomic E-state index is 0.0233. The molecule has 128 valence electrons. The number of hydrogen-bond donors (Lipinski definition) is 2. The normalized spacial score (nSPS) is 13.5. The average molecular weight is 320 g/mol. The summed E-state index contributed by atoms with van der Waals surface area (Å²) in [5, 5.41) is 12.5. The Labute approximate surface area is 138 Å². The molecule has 0 unspecified atom stereocenters. The van der Waals surface area contributed by atoms with Crippen LogP contribution in [0.2, 0.25) is 0 Å². The quantitative estimate of drug-likeness (QED) is 0.649. The molecule has 0 fully saturated rings. The van der Waals surface area contributed by atoms with Crippen LogP contribution in [0, 0.1) is 0 Å². The molecule has 0 amide bonds. The van der Waals surface area contributed by atoms with E-state index in [2.05, 4.69) is 24.4 Å². The molecule has 1 aromatic rings. The first-order valence-corrected chi connectivity index (χ1v) is 8.64. The van der Waals surface area contributed by atoms with E-state index in [9.17, 15) is 4.79 Å². The first-order chi connectivity index (χ1) is 11.2. The summed E-state index contributed by atoms with van der Waals surface area (Å²) in [5.74, 6) is -0.0224. The van der Waals surface area contributed by atoms with Gasteiger partial charge in [-0.1, -0.05) is 32.3 Å². The molecule has 0 aliphatic carbocycles. The molecule has 1 aliphatic heterocycles. The van der Waals surface area contributed by atoms with Crippen LogP contribution in [-0.4, -0.2) is 43.9 Å². The number of hydrogen-bond acceptors (Lipinski definition) is 4. The molecule has 23 heavy (non-hydrogen) atoms. The topological polar surface area (TPSA) is 61.8 Å². The van der Waals surface area contributed by atoms with Crippen molar-refractivity contribution in [1.82, 2.24) is 5.32 Å². The van der Waals surface area contributed by atoms with Gasteiger partial charge in [-0.3, -0.25) is 4.79 Å². The third-order valence-electron chi connectivity index (χ3n) is 4.11. The molecule has 0 atom stereocenters. The van der Waals surface area contributed by atoms with Crippen LogP contribution in [0.1, 0.15) is 38.2 Å². The van der Waals surface area contributed by atoms with Crippen LogP contribution in [0.25, 0.3) is 0 Å². The lowest BCUT2D eigenvalue weighted by Gasteiger charge is -2.30. The molecule has 5 nitrogen and oxygen atoms in total. The van der Waals surface area contributed by atoms with Crippen molar-refractivity contribution < 1.29 is 14.6 Å². The fourth-order valence-electron chi connectivity index (χ4n) is 2.84. The molecular formula is C18H28N2O3. The van der Waals surface area contributed by atoms with E-state index >= 15 is 0 Å². The van der Waals surface area contributed by atoms with Crippen molar-refractivity contribution in [3.63, 3.8) is 0 Å². The van der Waals surface area contributed by atoms with E-state index in [1.165, 1.54) is 31.2 Å². The molecule has 0 bridgehead atoms. The number of rotatable bonds is 10. The first kappa shape index (κ1) is 17.6. The van der Waals surface area contributed by atoms with Gasteiger partial charge in [-0.25, -0.2) is 0 Å². The van der Waals surface area contributed by atoms with Gasteiger partial charge in [0.15, 0.2) is 0 Å². The predicted molar refractivity (Wildman–Crippen MR) is 92.5 cm³/mol. The summed E-state index contributed by atoms with van der Waals surface area (Å²) in [6.07, 6.45) is 6.06. The van der Waals surface area contributed by atoms with Gasteiger partial charge in [0.25, 0.3) is 0 Å². The van der Waals surface area contributed by atoms with Crippen molar-refractivity contribution in [2.24, 2.45) is 0 Å². The Morgan fingerprint density at radius 1 is 1.30 bits per heavy atom. The number of nitrogens with one attached hydrogen (secondary N) is 1. The van der Waals surface area contributed by atoms with Crippen LogP contribution < -0.4 is 15.0 Å². The highest BCUT2D eigenvalue weighted by atomic mass is 16.5. The Kier molecular flexibility index (Phi) is 7.20. The zero-order valence-corrected chi connectivity index (χ0v) is 14.0. The predicted octanol–water partition coefficient (Wildman–Crippen LogP) is 2.68. The SMILES string of the molecule is CCCCCCNCCc1ccc2c(c1)N(CC(=O)O)CCO2. The average Bonchev–Trinajstić information content (AvgIpc) is 2.54. The maximum absolute atomic E-state index is 11.0. The van der Waals surface area contributed by atoms with Crippen LogP contribution in [0.5, 0.6) is 5.75 Å². The van der Waals surface area contributed by atoms with Crippen molar-refractivity contribution in [2.75, 3.05) is 37.7 Å². The van der Waals surface area contributed by atoms with Gasteiger partial charge in [-0.15, -0.1) is 0 Å². The maximum Gasteiger partial charge on any atom is 0.323 e. The van der Waals surface area contributed by atoms with E-state index in [-0.39, 0.29) is 6.54 Å². The third-order valence-corrected chi connectivity index (χ3v) is 4.11. The van der Waals surface area contributed by atoms with Gasteiger partial charge >= 0.3 is 5.97 Å². The van der Waals surface area contributed by atoms with E-state index in [0.717, 1.165) is 30.9 Å². The summed E-state index contributed by atoms with van der Waals surface area (Å²) < 4.78 is 5.62. The summed E-state index contributed by atoms with van der Waals surface area (Å²) in [5.41, 5.74) is 2.12. The smallest absolute Gasteiger partial charge is 0.323 e. The fourth-order valence-corrected chi connectivity index (χ4v) is 2.84. The summed E-state index contributed by atoms with van der Waals surface area (Å²) >= 11 is 0. The monoisotopic (exact) mass is 320 g/mol. The molecule has 5 heteroatoms. The Morgan fingerprint density at radius 2 is 2.17 bits per heavy atom. The summed E-state index contributed by atoms with van der Waals surface area (Å²) in [4.78, 5) is 12.9. The number of ether oxygens (including phenoxy) is 1. The molecule has 2 rings (SSSR count). The highest BCUT2D eigenvalue weighted by Crippen LogP contribution is 2.32. The second kappa shape index (κ2) is 9.40. The number of benzene rings is 1. The lowest BCUT2D eigenvalue weighted by atomic mass is 10.1. The summed E-state index contributed by atoms with van der Waals surface area (Å²) in [6, 6.07) is 6.10. The number of nitrogens with zero attached hydrogens (tertiary/aromatic N) is 1. The van der Waals surface area contributed by atoms with Gasteiger partial charge in [0.05, 0.1) is 12.2 Å². The van der Waals surface area contributed by atoms with Crippen molar-refractivity contribution >= 4 is 11.7 Å². The number of aliphatic carboxylic acids is 1. The number of anilines is 1. The molecule has 0 saturated carbocycles. The highest BCUT2D eigenvalue weighted by Gasteiger charge is 2.20.